The minimum Gasteiger partial charge on any atom is -0.353 e. The SMILES string of the molecule is CN1CCN(c2ncncc2-c2nc(-c3ccncc3)no2)CC1. The number of pyridine rings is 1. The summed E-state index contributed by atoms with van der Waals surface area (Å²) in [6, 6.07) is 3.69. The van der Waals surface area contributed by atoms with E-state index in [0.29, 0.717) is 11.7 Å². The highest BCUT2D eigenvalue weighted by molar-refractivity contribution is 5.70. The maximum absolute atomic E-state index is 5.46. The molecule has 122 valence electrons. The molecule has 0 atom stereocenters. The molecule has 8 nitrogen and oxygen atoms in total. The second-order valence-corrected chi connectivity index (χ2v) is 5.71. The third-order valence-corrected chi connectivity index (χ3v) is 4.09. The Morgan fingerprint density at radius 2 is 1.83 bits per heavy atom. The zero-order chi connectivity index (χ0) is 16.4. The quantitative estimate of drug-likeness (QED) is 0.714. The van der Waals surface area contributed by atoms with Gasteiger partial charge in [-0.05, 0) is 19.2 Å². The van der Waals surface area contributed by atoms with Crippen LogP contribution in [0.25, 0.3) is 22.8 Å². The fourth-order valence-corrected chi connectivity index (χ4v) is 2.70. The molecule has 3 aromatic heterocycles. The van der Waals surface area contributed by atoms with Gasteiger partial charge in [0.2, 0.25) is 5.82 Å². The third kappa shape index (κ3) is 2.83. The molecule has 0 aliphatic carbocycles. The van der Waals surface area contributed by atoms with E-state index in [1.54, 1.807) is 24.9 Å². The van der Waals surface area contributed by atoms with Crippen molar-refractivity contribution in [2.75, 3.05) is 38.1 Å². The molecule has 0 amide bonds. The second-order valence-electron chi connectivity index (χ2n) is 5.71. The summed E-state index contributed by atoms with van der Waals surface area (Å²) in [4.78, 5) is 21.6. The van der Waals surface area contributed by atoms with E-state index in [1.165, 1.54) is 0 Å². The number of likely N-dealkylation sites (N-methyl/N-ethyl adjacent to an activating group) is 1. The van der Waals surface area contributed by atoms with Crippen LogP contribution in [0, 0.1) is 0 Å². The van der Waals surface area contributed by atoms with Crippen LogP contribution in [0.1, 0.15) is 0 Å². The molecule has 1 fully saturated rings. The lowest BCUT2D eigenvalue weighted by molar-refractivity contribution is 0.312. The van der Waals surface area contributed by atoms with Gasteiger partial charge >= 0.3 is 0 Å². The number of nitrogens with zero attached hydrogens (tertiary/aromatic N) is 7. The smallest absolute Gasteiger partial charge is 0.263 e. The summed E-state index contributed by atoms with van der Waals surface area (Å²) >= 11 is 0. The predicted octanol–water partition coefficient (Wildman–Crippen LogP) is 1.34. The first-order valence-corrected chi connectivity index (χ1v) is 7.79. The zero-order valence-electron chi connectivity index (χ0n) is 13.3. The van der Waals surface area contributed by atoms with Crippen LogP contribution in [0.4, 0.5) is 5.82 Å². The first kappa shape index (κ1) is 14.7. The third-order valence-electron chi connectivity index (χ3n) is 4.09. The summed E-state index contributed by atoms with van der Waals surface area (Å²) in [5, 5.41) is 4.06. The van der Waals surface area contributed by atoms with Gasteiger partial charge < -0.3 is 14.3 Å². The Hall–Kier alpha value is -2.87. The highest BCUT2D eigenvalue weighted by Gasteiger charge is 2.22. The lowest BCUT2D eigenvalue weighted by atomic mass is 10.2. The lowest BCUT2D eigenvalue weighted by Crippen LogP contribution is -2.45. The van der Waals surface area contributed by atoms with Gasteiger partial charge in [0, 0.05) is 50.3 Å². The van der Waals surface area contributed by atoms with Crippen LogP contribution < -0.4 is 4.90 Å². The summed E-state index contributed by atoms with van der Waals surface area (Å²) in [7, 11) is 2.12. The Morgan fingerprint density at radius 1 is 1.04 bits per heavy atom. The lowest BCUT2D eigenvalue weighted by Gasteiger charge is -2.33. The minimum absolute atomic E-state index is 0.427. The van der Waals surface area contributed by atoms with E-state index in [1.807, 2.05) is 12.1 Å². The molecule has 0 N–H and O–H groups in total. The van der Waals surface area contributed by atoms with Crippen molar-refractivity contribution < 1.29 is 4.52 Å². The van der Waals surface area contributed by atoms with Crippen molar-refractivity contribution in [2.45, 2.75) is 0 Å². The maximum Gasteiger partial charge on any atom is 0.263 e. The van der Waals surface area contributed by atoms with Crippen LogP contribution in [-0.4, -0.2) is 63.2 Å². The molecule has 3 aromatic rings. The van der Waals surface area contributed by atoms with Gasteiger partial charge in [0.1, 0.15) is 17.7 Å². The van der Waals surface area contributed by atoms with E-state index in [-0.39, 0.29) is 0 Å². The van der Waals surface area contributed by atoms with Crippen molar-refractivity contribution in [1.29, 1.82) is 0 Å². The molecule has 4 rings (SSSR count). The van der Waals surface area contributed by atoms with Gasteiger partial charge in [-0.25, -0.2) is 9.97 Å². The molecule has 0 bridgehead atoms. The Morgan fingerprint density at radius 3 is 2.62 bits per heavy atom. The first-order valence-electron chi connectivity index (χ1n) is 7.79. The standard InChI is InChI=1S/C16H17N7O/c1-22-6-8-23(9-7-22)15-13(10-18-11-19-15)16-20-14(21-24-16)12-2-4-17-5-3-12/h2-5,10-11H,6-9H2,1H3. The predicted molar refractivity (Wildman–Crippen MR) is 88.3 cm³/mol. The number of hydrogen-bond donors (Lipinski definition) is 0. The molecule has 1 aliphatic heterocycles. The van der Waals surface area contributed by atoms with Gasteiger partial charge in [-0.1, -0.05) is 5.16 Å². The highest BCUT2D eigenvalue weighted by atomic mass is 16.5. The highest BCUT2D eigenvalue weighted by Crippen LogP contribution is 2.28. The van der Waals surface area contributed by atoms with Crippen LogP contribution in [0.15, 0.2) is 41.6 Å². The van der Waals surface area contributed by atoms with Gasteiger partial charge in [-0.2, -0.15) is 4.98 Å². The molecule has 0 saturated carbocycles. The Balaban J connectivity index is 1.67. The minimum atomic E-state index is 0.427. The Kier molecular flexibility index (Phi) is 3.87. The Labute approximate surface area is 139 Å². The van der Waals surface area contributed by atoms with Crippen molar-refractivity contribution in [3.63, 3.8) is 0 Å². The van der Waals surface area contributed by atoms with Gasteiger partial charge in [0.15, 0.2) is 0 Å². The Bertz CT molecular complexity index is 812. The summed E-state index contributed by atoms with van der Waals surface area (Å²) in [5.74, 6) is 1.79. The van der Waals surface area contributed by atoms with Crippen LogP contribution in [-0.2, 0) is 0 Å². The monoisotopic (exact) mass is 323 g/mol. The molecular weight excluding hydrogens is 306 g/mol. The summed E-state index contributed by atoms with van der Waals surface area (Å²) in [5.41, 5.74) is 1.62. The second kappa shape index (κ2) is 6.32. The van der Waals surface area contributed by atoms with Crippen molar-refractivity contribution in [1.82, 2.24) is 30.0 Å². The summed E-state index contributed by atoms with van der Waals surface area (Å²) in [6.07, 6.45) is 6.68. The summed E-state index contributed by atoms with van der Waals surface area (Å²) in [6.45, 7) is 3.81. The van der Waals surface area contributed by atoms with Gasteiger partial charge in [-0.15, -0.1) is 0 Å². The fraction of sp³-hybridized carbons (Fsp3) is 0.312. The van der Waals surface area contributed by atoms with Crippen molar-refractivity contribution in [2.24, 2.45) is 0 Å². The molecule has 0 aromatic carbocycles. The van der Waals surface area contributed by atoms with Gasteiger partial charge in [0.25, 0.3) is 5.89 Å². The molecule has 1 aliphatic rings. The molecule has 0 radical (unpaired) electrons. The number of hydrogen-bond acceptors (Lipinski definition) is 8. The van der Waals surface area contributed by atoms with Gasteiger partial charge in [-0.3, -0.25) is 4.98 Å². The van der Waals surface area contributed by atoms with E-state index >= 15 is 0 Å². The van der Waals surface area contributed by atoms with E-state index < -0.39 is 0 Å². The van der Waals surface area contributed by atoms with E-state index in [2.05, 4.69) is 41.9 Å². The molecule has 1 saturated heterocycles. The maximum atomic E-state index is 5.46. The number of aromatic nitrogens is 5. The fourth-order valence-electron chi connectivity index (χ4n) is 2.70. The number of anilines is 1. The molecule has 8 heteroatoms. The largest absolute Gasteiger partial charge is 0.353 e. The van der Waals surface area contributed by atoms with Crippen molar-refractivity contribution in [3.05, 3.63) is 37.1 Å². The van der Waals surface area contributed by atoms with Crippen molar-refractivity contribution in [3.8, 4) is 22.8 Å². The van der Waals surface area contributed by atoms with E-state index in [4.69, 9.17) is 4.52 Å². The molecule has 0 unspecified atom stereocenters. The zero-order valence-corrected chi connectivity index (χ0v) is 13.3. The molecule has 0 spiro atoms. The average Bonchev–Trinajstić information content (AvgIpc) is 3.13. The van der Waals surface area contributed by atoms with Crippen LogP contribution in [0.3, 0.4) is 0 Å². The summed E-state index contributed by atoms with van der Waals surface area (Å²) < 4.78 is 5.46. The normalized spacial score (nSPS) is 15.6. The van der Waals surface area contributed by atoms with Crippen molar-refractivity contribution >= 4 is 5.82 Å². The van der Waals surface area contributed by atoms with Crippen LogP contribution >= 0.6 is 0 Å². The van der Waals surface area contributed by atoms with Crippen LogP contribution in [0.5, 0.6) is 0 Å². The van der Waals surface area contributed by atoms with Crippen LogP contribution in [0.2, 0.25) is 0 Å². The van der Waals surface area contributed by atoms with Gasteiger partial charge in [0.05, 0.1) is 0 Å². The number of piperazine rings is 1. The molecule has 24 heavy (non-hydrogen) atoms. The molecule has 4 heterocycles. The molecular formula is C16H17N7O. The van der Waals surface area contributed by atoms with E-state index in [0.717, 1.165) is 43.1 Å². The average molecular weight is 323 g/mol. The first-order chi connectivity index (χ1) is 11.8. The number of rotatable bonds is 3. The van der Waals surface area contributed by atoms with E-state index in [9.17, 15) is 0 Å². The topological polar surface area (TPSA) is 84.1 Å².